The standard InChI is InChI=1S/C11H16N2O3/c1-13(11(12)14)7-8-4-5-9(15-2)10(6-8)16-3/h4-6H,7H2,1-3H3,(H2,12,14). The molecule has 5 nitrogen and oxygen atoms in total. The molecule has 0 unspecified atom stereocenters. The second-order valence-electron chi connectivity index (χ2n) is 3.38. The molecule has 1 rings (SSSR count). The van der Waals surface area contributed by atoms with Crippen LogP contribution in [0.5, 0.6) is 11.5 Å². The molecule has 0 atom stereocenters. The number of ether oxygens (including phenoxy) is 2. The van der Waals surface area contributed by atoms with E-state index < -0.39 is 6.03 Å². The number of hydrogen-bond acceptors (Lipinski definition) is 3. The fourth-order valence-corrected chi connectivity index (χ4v) is 1.33. The van der Waals surface area contributed by atoms with Crippen LogP contribution in [-0.2, 0) is 6.54 Å². The van der Waals surface area contributed by atoms with Crippen molar-refractivity contribution in [2.24, 2.45) is 5.73 Å². The van der Waals surface area contributed by atoms with Crippen LogP contribution >= 0.6 is 0 Å². The van der Waals surface area contributed by atoms with Gasteiger partial charge >= 0.3 is 6.03 Å². The minimum atomic E-state index is -0.463. The summed E-state index contributed by atoms with van der Waals surface area (Å²) in [5.74, 6) is 1.30. The number of urea groups is 1. The Morgan fingerprint density at radius 1 is 1.31 bits per heavy atom. The second-order valence-corrected chi connectivity index (χ2v) is 3.38. The summed E-state index contributed by atoms with van der Waals surface area (Å²) in [6.07, 6.45) is 0. The average molecular weight is 224 g/mol. The predicted molar refractivity (Wildman–Crippen MR) is 60.6 cm³/mol. The summed E-state index contributed by atoms with van der Waals surface area (Å²) >= 11 is 0. The number of methoxy groups -OCH3 is 2. The van der Waals surface area contributed by atoms with Crippen molar-refractivity contribution in [2.45, 2.75) is 6.54 Å². The SMILES string of the molecule is COc1ccc(CN(C)C(N)=O)cc1OC. The van der Waals surface area contributed by atoms with Gasteiger partial charge in [-0.15, -0.1) is 0 Å². The van der Waals surface area contributed by atoms with Crippen molar-refractivity contribution < 1.29 is 14.3 Å². The van der Waals surface area contributed by atoms with Crippen LogP contribution < -0.4 is 15.2 Å². The fourth-order valence-electron chi connectivity index (χ4n) is 1.33. The second kappa shape index (κ2) is 5.25. The van der Waals surface area contributed by atoms with Crippen LogP contribution in [0, 0.1) is 0 Å². The largest absolute Gasteiger partial charge is 0.493 e. The minimum Gasteiger partial charge on any atom is -0.493 e. The molecule has 0 aliphatic rings. The molecule has 0 saturated carbocycles. The smallest absolute Gasteiger partial charge is 0.314 e. The van der Waals surface area contributed by atoms with E-state index in [0.29, 0.717) is 18.0 Å². The van der Waals surface area contributed by atoms with Gasteiger partial charge in [-0.2, -0.15) is 0 Å². The van der Waals surface area contributed by atoms with Crippen molar-refractivity contribution in [3.63, 3.8) is 0 Å². The quantitative estimate of drug-likeness (QED) is 0.836. The molecule has 0 radical (unpaired) electrons. The Morgan fingerprint density at radius 3 is 2.44 bits per heavy atom. The molecule has 0 heterocycles. The van der Waals surface area contributed by atoms with E-state index in [1.165, 1.54) is 4.90 Å². The number of primary amides is 1. The molecule has 2 N–H and O–H groups in total. The molecule has 2 amide bonds. The lowest BCUT2D eigenvalue weighted by atomic mass is 10.2. The summed E-state index contributed by atoms with van der Waals surface area (Å²) in [4.78, 5) is 12.3. The van der Waals surface area contributed by atoms with Crippen molar-refractivity contribution in [1.29, 1.82) is 0 Å². The van der Waals surface area contributed by atoms with Gasteiger partial charge in [-0.1, -0.05) is 6.07 Å². The summed E-state index contributed by atoms with van der Waals surface area (Å²) in [5.41, 5.74) is 6.07. The molecule has 0 spiro atoms. The van der Waals surface area contributed by atoms with Crippen LogP contribution in [0.25, 0.3) is 0 Å². The van der Waals surface area contributed by atoms with Crippen LogP contribution in [0.1, 0.15) is 5.56 Å². The maximum Gasteiger partial charge on any atom is 0.314 e. The molecule has 88 valence electrons. The van der Waals surface area contributed by atoms with Gasteiger partial charge in [-0.25, -0.2) is 4.79 Å². The van der Waals surface area contributed by atoms with E-state index in [-0.39, 0.29) is 0 Å². The van der Waals surface area contributed by atoms with Gasteiger partial charge < -0.3 is 20.1 Å². The highest BCUT2D eigenvalue weighted by Gasteiger charge is 2.08. The molecule has 0 bridgehead atoms. The van der Waals surface area contributed by atoms with Crippen LogP contribution in [0.4, 0.5) is 4.79 Å². The number of amides is 2. The number of hydrogen-bond donors (Lipinski definition) is 1. The minimum absolute atomic E-state index is 0.440. The van der Waals surface area contributed by atoms with E-state index in [1.54, 1.807) is 27.3 Å². The summed E-state index contributed by atoms with van der Waals surface area (Å²) in [6, 6.07) is 5.01. The van der Waals surface area contributed by atoms with Crippen LogP contribution in [0.2, 0.25) is 0 Å². The molecule has 0 aromatic heterocycles. The van der Waals surface area contributed by atoms with E-state index in [2.05, 4.69) is 0 Å². The highest BCUT2D eigenvalue weighted by atomic mass is 16.5. The van der Waals surface area contributed by atoms with Gasteiger partial charge in [0, 0.05) is 13.6 Å². The van der Waals surface area contributed by atoms with Crippen molar-refractivity contribution in [1.82, 2.24) is 4.90 Å². The van der Waals surface area contributed by atoms with Crippen LogP contribution in [0.3, 0.4) is 0 Å². The first-order valence-corrected chi connectivity index (χ1v) is 4.80. The first kappa shape index (κ1) is 12.2. The molecule has 16 heavy (non-hydrogen) atoms. The maximum atomic E-state index is 10.9. The molecule has 0 aliphatic heterocycles. The van der Waals surface area contributed by atoms with Gasteiger partial charge in [-0.3, -0.25) is 0 Å². The monoisotopic (exact) mass is 224 g/mol. The molecule has 0 saturated heterocycles. The number of carbonyl (C=O) groups is 1. The van der Waals surface area contributed by atoms with Crippen LogP contribution in [-0.4, -0.2) is 32.2 Å². The molecule has 5 heteroatoms. The van der Waals surface area contributed by atoms with E-state index >= 15 is 0 Å². The fraction of sp³-hybridized carbons (Fsp3) is 0.364. The number of benzene rings is 1. The number of carbonyl (C=O) groups excluding carboxylic acids is 1. The molecule has 0 aliphatic carbocycles. The maximum absolute atomic E-state index is 10.9. The topological polar surface area (TPSA) is 64.8 Å². The lowest BCUT2D eigenvalue weighted by Crippen LogP contribution is -2.31. The van der Waals surface area contributed by atoms with Crippen molar-refractivity contribution in [3.8, 4) is 11.5 Å². The normalized spacial score (nSPS) is 9.69. The third kappa shape index (κ3) is 2.79. The van der Waals surface area contributed by atoms with E-state index in [1.807, 2.05) is 12.1 Å². The zero-order chi connectivity index (χ0) is 12.1. The van der Waals surface area contributed by atoms with Crippen molar-refractivity contribution in [2.75, 3.05) is 21.3 Å². The Morgan fingerprint density at radius 2 is 1.94 bits per heavy atom. The molecule has 1 aromatic carbocycles. The van der Waals surface area contributed by atoms with E-state index in [4.69, 9.17) is 15.2 Å². The third-order valence-electron chi connectivity index (χ3n) is 2.24. The summed E-state index contributed by atoms with van der Waals surface area (Å²) in [7, 11) is 4.78. The lowest BCUT2D eigenvalue weighted by Gasteiger charge is -2.15. The Bertz CT molecular complexity index is 379. The van der Waals surface area contributed by atoms with Gasteiger partial charge in [0.2, 0.25) is 0 Å². The number of nitrogens with two attached hydrogens (primary N) is 1. The first-order valence-electron chi connectivity index (χ1n) is 4.80. The average Bonchev–Trinajstić information content (AvgIpc) is 2.28. The van der Waals surface area contributed by atoms with E-state index in [0.717, 1.165) is 5.56 Å². The molecule has 0 fully saturated rings. The Labute approximate surface area is 94.7 Å². The highest BCUT2D eigenvalue weighted by Crippen LogP contribution is 2.27. The Hall–Kier alpha value is -1.91. The Balaban J connectivity index is 2.86. The summed E-state index contributed by atoms with van der Waals surface area (Å²) in [5, 5.41) is 0. The summed E-state index contributed by atoms with van der Waals surface area (Å²) in [6.45, 7) is 0.440. The van der Waals surface area contributed by atoms with Gasteiger partial charge in [0.05, 0.1) is 14.2 Å². The molecular formula is C11H16N2O3. The predicted octanol–water partition coefficient (Wildman–Crippen LogP) is 1.21. The van der Waals surface area contributed by atoms with Gasteiger partial charge in [-0.05, 0) is 17.7 Å². The van der Waals surface area contributed by atoms with Gasteiger partial charge in [0.15, 0.2) is 11.5 Å². The Kier molecular flexibility index (Phi) is 3.99. The molecular weight excluding hydrogens is 208 g/mol. The third-order valence-corrected chi connectivity index (χ3v) is 2.24. The van der Waals surface area contributed by atoms with Crippen LogP contribution in [0.15, 0.2) is 18.2 Å². The highest BCUT2D eigenvalue weighted by molar-refractivity contribution is 5.71. The van der Waals surface area contributed by atoms with Gasteiger partial charge in [0.25, 0.3) is 0 Å². The zero-order valence-corrected chi connectivity index (χ0v) is 9.69. The van der Waals surface area contributed by atoms with E-state index in [9.17, 15) is 4.79 Å². The number of rotatable bonds is 4. The number of nitrogens with zero attached hydrogens (tertiary/aromatic N) is 1. The summed E-state index contributed by atoms with van der Waals surface area (Å²) < 4.78 is 10.3. The lowest BCUT2D eigenvalue weighted by molar-refractivity contribution is 0.216. The van der Waals surface area contributed by atoms with Crippen molar-refractivity contribution in [3.05, 3.63) is 23.8 Å². The molecule has 1 aromatic rings. The first-order chi connectivity index (χ1) is 7.58. The zero-order valence-electron chi connectivity index (χ0n) is 9.69. The van der Waals surface area contributed by atoms with Crippen molar-refractivity contribution >= 4 is 6.03 Å². The van der Waals surface area contributed by atoms with Gasteiger partial charge in [0.1, 0.15) is 0 Å².